The monoisotopic (exact) mass is 345 g/mol. The fourth-order valence-corrected chi connectivity index (χ4v) is 3.13. The number of nitrogens with zero attached hydrogens (tertiary/aromatic N) is 6. The van der Waals surface area contributed by atoms with Gasteiger partial charge in [-0.2, -0.15) is 0 Å². The number of aromatic nitrogens is 7. The maximum atomic E-state index is 12.0. The van der Waals surface area contributed by atoms with Crippen LogP contribution in [-0.4, -0.2) is 35.0 Å². The van der Waals surface area contributed by atoms with E-state index in [2.05, 4.69) is 32.6 Å². The molecule has 0 atom stereocenters. The SMILES string of the molecule is CCCCn1nnnc1CSc1n[nH]c(=O)n1Cc1ccccc1. The van der Waals surface area contributed by atoms with Crippen LogP contribution in [0.2, 0.25) is 0 Å². The molecule has 0 fully saturated rings. The summed E-state index contributed by atoms with van der Waals surface area (Å²) in [5, 5.41) is 19.1. The van der Waals surface area contributed by atoms with Crippen LogP contribution in [0.3, 0.4) is 0 Å². The van der Waals surface area contributed by atoms with Crippen molar-refractivity contribution in [2.45, 2.75) is 43.8 Å². The van der Waals surface area contributed by atoms with Gasteiger partial charge in [-0.1, -0.05) is 55.4 Å². The highest BCUT2D eigenvalue weighted by Crippen LogP contribution is 2.19. The van der Waals surface area contributed by atoms with E-state index in [1.165, 1.54) is 11.8 Å². The summed E-state index contributed by atoms with van der Waals surface area (Å²) in [5.74, 6) is 1.35. The molecule has 0 bridgehead atoms. The lowest BCUT2D eigenvalue weighted by molar-refractivity contribution is 0.540. The third-order valence-corrected chi connectivity index (χ3v) is 4.54. The molecule has 1 N–H and O–H groups in total. The first kappa shape index (κ1) is 16.4. The van der Waals surface area contributed by atoms with Crippen LogP contribution in [0.1, 0.15) is 31.2 Å². The van der Waals surface area contributed by atoms with Gasteiger partial charge >= 0.3 is 5.69 Å². The normalized spacial score (nSPS) is 11.0. The molecular weight excluding hydrogens is 326 g/mol. The molecule has 0 aliphatic rings. The molecular formula is C15H19N7OS. The average molecular weight is 345 g/mol. The fraction of sp³-hybridized carbons (Fsp3) is 0.400. The molecule has 3 aromatic rings. The molecule has 1 aromatic carbocycles. The van der Waals surface area contributed by atoms with Gasteiger partial charge in [-0.05, 0) is 22.4 Å². The van der Waals surface area contributed by atoms with Gasteiger partial charge in [-0.3, -0.25) is 4.57 Å². The Balaban J connectivity index is 1.70. The molecule has 126 valence electrons. The van der Waals surface area contributed by atoms with Crippen LogP contribution < -0.4 is 5.69 Å². The molecule has 0 spiro atoms. The lowest BCUT2D eigenvalue weighted by Gasteiger charge is -2.06. The molecule has 24 heavy (non-hydrogen) atoms. The Kier molecular flexibility index (Phi) is 5.42. The minimum atomic E-state index is -0.216. The van der Waals surface area contributed by atoms with Gasteiger partial charge in [0, 0.05) is 6.54 Å². The third kappa shape index (κ3) is 3.91. The van der Waals surface area contributed by atoms with Crippen LogP contribution in [0.25, 0.3) is 0 Å². The van der Waals surface area contributed by atoms with Crippen molar-refractivity contribution in [3.05, 3.63) is 52.2 Å². The Morgan fingerprint density at radius 1 is 1.25 bits per heavy atom. The van der Waals surface area contributed by atoms with Crippen molar-refractivity contribution in [1.29, 1.82) is 0 Å². The number of hydrogen-bond acceptors (Lipinski definition) is 6. The second-order valence-electron chi connectivity index (χ2n) is 5.34. The van der Waals surface area contributed by atoms with Gasteiger partial charge in [0.1, 0.15) is 0 Å². The second kappa shape index (κ2) is 7.91. The molecule has 0 saturated carbocycles. The zero-order chi connectivity index (χ0) is 16.8. The Bertz CT molecular complexity index is 824. The van der Waals surface area contributed by atoms with Gasteiger partial charge in [0.2, 0.25) is 0 Å². The predicted octanol–water partition coefficient (Wildman–Crippen LogP) is 1.70. The van der Waals surface area contributed by atoms with Crippen molar-refractivity contribution < 1.29 is 0 Å². The molecule has 3 rings (SSSR count). The molecule has 8 nitrogen and oxygen atoms in total. The van der Waals surface area contributed by atoms with Crippen LogP contribution in [-0.2, 0) is 18.8 Å². The Hall–Kier alpha value is -2.42. The molecule has 9 heteroatoms. The summed E-state index contributed by atoms with van der Waals surface area (Å²) in [6.07, 6.45) is 2.12. The van der Waals surface area contributed by atoms with Gasteiger partial charge in [0.25, 0.3) is 0 Å². The number of benzene rings is 1. The Labute approximate surface area is 143 Å². The predicted molar refractivity (Wildman–Crippen MR) is 90.7 cm³/mol. The van der Waals surface area contributed by atoms with Gasteiger partial charge in [-0.15, -0.1) is 10.2 Å². The van der Waals surface area contributed by atoms with Crippen LogP contribution in [0, 0.1) is 0 Å². The molecule has 0 amide bonds. The minimum absolute atomic E-state index is 0.216. The smallest absolute Gasteiger partial charge is 0.266 e. The first-order valence-electron chi connectivity index (χ1n) is 7.85. The van der Waals surface area contributed by atoms with Gasteiger partial charge in [-0.25, -0.2) is 14.6 Å². The zero-order valence-corrected chi connectivity index (χ0v) is 14.2. The topological polar surface area (TPSA) is 94.3 Å². The first-order valence-corrected chi connectivity index (χ1v) is 8.83. The third-order valence-electron chi connectivity index (χ3n) is 3.57. The van der Waals surface area contributed by atoms with Crippen molar-refractivity contribution in [3.63, 3.8) is 0 Å². The van der Waals surface area contributed by atoms with E-state index >= 15 is 0 Å². The summed E-state index contributed by atoms with van der Waals surface area (Å²) in [7, 11) is 0. The van der Waals surface area contributed by atoms with Crippen molar-refractivity contribution in [3.8, 4) is 0 Å². The van der Waals surface area contributed by atoms with Crippen molar-refractivity contribution in [2.75, 3.05) is 0 Å². The first-order chi connectivity index (χ1) is 11.8. The van der Waals surface area contributed by atoms with Crippen LogP contribution in [0.4, 0.5) is 0 Å². The van der Waals surface area contributed by atoms with Gasteiger partial charge in [0.05, 0.1) is 12.3 Å². The molecule has 0 unspecified atom stereocenters. The van der Waals surface area contributed by atoms with E-state index in [-0.39, 0.29) is 5.69 Å². The lowest BCUT2D eigenvalue weighted by Crippen LogP contribution is -2.18. The second-order valence-corrected chi connectivity index (χ2v) is 6.29. The summed E-state index contributed by atoms with van der Waals surface area (Å²) >= 11 is 1.45. The Morgan fingerprint density at radius 3 is 2.88 bits per heavy atom. The van der Waals surface area contributed by atoms with Crippen LogP contribution >= 0.6 is 11.8 Å². The van der Waals surface area contributed by atoms with Crippen molar-refractivity contribution >= 4 is 11.8 Å². The number of H-pyrrole nitrogens is 1. The summed E-state index contributed by atoms with van der Waals surface area (Å²) < 4.78 is 3.43. The van der Waals surface area contributed by atoms with E-state index in [4.69, 9.17) is 0 Å². The number of thioether (sulfide) groups is 1. The van der Waals surface area contributed by atoms with Crippen molar-refractivity contribution in [2.24, 2.45) is 0 Å². The van der Waals surface area contributed by atoms with Crippen LogP contribution in [0.15, 0.2) is 40.3 Å². The van der Waals surface area contributed by atoms with E-state index in [1.54, 1.807) is 4.57 Å². The molecule has 0 radical (unpaired) electrons. The molecule has 0 aliphatic carbocycles. The van der Waals surface area contributed by atoms with E-state index in [0.717, 1.165) is 30.8 Å². The molecule has 2 aromatic heterocycles. The van der Waals surface area contributed by atoms with E-state index in [1.807, 2.05) is 35.0 Å². The van der Waals surface area contributed by atoms with Crippen molar-refractivity contribution in [1.82, 2.24) is 35.0 Å². The maximum absolute atomic E-state index is 12.0. The Morgan fingerprint density at radius 2 is 2.08 bits per heavy atom. The number of unbranched alkanes of at least 4 members (excludes halogenated alkanes) is 1. The zero-order valence-electron chi connectivity index (χ0n) is 13.4. The highest BCUT2D eigenvalue weighted by atomic mass is 32.2. The number of aryl methyl sites for hydroxylation is 1. The molecule has 2 heterocycles. The largest absolute Gasteiger partial charge is 0.344 e. The summed E-state index contributed by atoms with van der Waals surface area (Å²) in [4.78, 5) is 12.0. The standard InChI is InChI=1S/C15H19N7OS/c1-2-3-9-22-13(16-19-20-22)11-24-15-18-17-14(23)21(15)10-12-7-5-4-6-8-12/h4-8H,2-3,9-11H2,1H3,(H,17,23). The molecule has 0 saturated heterocycles. The van der Waals surface area contributed by atoms with Gasteiger partial charge < -0.3 is 0 Å². The quantitative estimate of drug-likeness (QED) is 0.625. The highest BCUT2D eigenvalue weighted by molar-refractivity contribution is 7.98. The average Bonchev–Trinajstić information content (AvgIpc) is 3.19. The number of aromatic amines is 1. The van der Waals surface area contributed by atoms with Gasteiger partial charge in [0.15, 0.2) is 11.0 Å². The number of hydrogen-bond donors (Lipinski definition) is 1. The van der Waals surface area contributed by atoms with E-state index in [0.29, 0.717) is 17.5 Å². The summed E-state index contributed by atoms with van der Waals surface area (Å²) in [6.45, 7) is 3.42. The van der Waals surface area contributed by atoms with E-state index in [9.17, 15) is 4.79 Å². The lowest BCUT2D eigenvalue weighted by atomic mass is 10.2. The van der Waals surface area contributed by atoms with E-state index < -0.39 is 0 Å². The fourth-order valence-electron chi connectivity index (χ4n) is 2.26. The highest BCUT2D eigenvalue weighted by Gasteiger charge is 2.12. The number of rotatable bonds is 8. The summed E-state index contributed by atoms with van der Waals surface area (Å²) in [6, 6.07) is 9.83. The molecule has 0 aliphatic heterocycles. The minimum Gasteiger partial charge on any atom is -0.266 e. The number of tetrazole rings is 1. The van der Waals surface area contributed by atoms with Crippen LogP contribution in [0.5, 0.6) is 0 Å². The number of nitrogens with one attached hydrogen (secondary N) is 1. The summed E-state index contributed by atoms with van der Waals surface area (Å²) in [5.41, 5.74) is 0.836. The maximum Gasteiger partial charge on any atom is 0.344 e.